The summed E-state index contributed by atoms with van der Waals surface area (Å²) in [5, 5.41) is 1.96. The van der Waals surface area contributed by atoms with Crippen LogP contribution < -0.4 is 4.31 Å². The van der Waals surface area contributed by atoms with E-state index in [1.54, 1.807) is 28.5 Å². The number of anilines is 1. The van der Waals surface area contributed by atoms with Crippen LogP contribution in [0.25, 0.3) is 0 Å². The Morgan fingerprint density at radius 3 is 2.80 bits per heavy atom. The Hall–Kier alpha value is -1.97. The van der Waals surface area contributed by atoms with Crippen LogP contribution in [0, 0.1) is 0 Å². The van der Waals surface area contributed by atoms with Crippen molar-refractivity contribution in [1.82, 2.24) is 9.88 Å². The lowest BCUT2D eigenvalue weighted by molar-refractivity contribution is -0.136. The standard InChI is InChI=1S/C16H19N3O4S2/c1-13-11-18(8-9-23-13)15(20)12-19(16-17-7-10-24-16)25(21,22)14-5-3-2-4-6-14/h2-7,10,13H,8-9,11-12H2,1H3. The second-order valence-electron chi connectivity index (χ2n) is 5.66. The molecule has 2 heterocycles. The van der Waals surface area contributed by atoms with Crippen molar-refractivity contribution in [2.45, 2.75) is 17.9 Å². The Morgan fingerprint density at radius 2 is 2.16 bits per heavy atom. The molecule has 3 rings (SSSR count). The van der Waals surface area contributed by atoms with Gasteiger partial charge in [-0.05, 0) is 19.1 Å². The minimum atomic E-state index is -3.87. The van der Waals surface area contributed by atoms with Gasteiger partial charge in [-0.2, -0.15) is 0 Å². The number of sulfonamides is 1. The summed E-state index contributed by atoms with van der Waals surface area (Å²) in [6, 6.07) is 8.07. The van der Waals surface area contributed by atoms with E-state index in [0.29, 0.717) is 19.7 Å². The van der Waals surface area contributed by atoms with Gasteiger partial charge in [-0.1, -0.05) is 18.2 Å². The van der Waals surface area contributed by atoms with Crippen molar-refractivity contribution in [3.05, 3.63) is 41.9 Å². The molecule has 0 N–H and O–H groups in total. The molecule has 0 bridgehead atoms. The third-order valence-electron chi connectivity index (χ3n) is 3.84. The number of nitrogens with zero attached hydrogens (tertiary/aromatic N) is 3. The zero-order valence-electron chi connectivity index (χ0n) is 13.7. The molecule has 1 aromatic carbocycles. The van der Waals surface area contributed by atoms with Crippen LogP contribution in [0.15, 0.2) is 46.8 Å². The molecule has 1 fully saturated rings. The maximum Gasteiger partial charge on any atom is 0.266 e. The molecule has 0 saturated carbocycles. The van der Waals surface area contributed by atoms with Gasteiger partial charge in [-0.3, -0.25) is 4.79 Å². The summed E-state index contributed by atoms with van der Waals surface area (Å²) in [6.45, 7) is 2.97. The Kier molecular flexibility index (Phi) is 5.36. The van der Waals surface area contributed by atoms with Crippen molar-refractivity contribution in [3.8, 4) is 0 Å². The monoisotopic (exact) mass is 381 g/mol. The van der Waals surface area contributed by atoms with E-state index in [0.717, 1.165) is 4.31 Å². The number of carbonyl (C=O) groups excluding carboxylic acids is 1. The van der Waals surface area contributed by atoms with Crippen molar-refractivity contribution >= 4 is 32.4 Å². The molecule has 9 heteroatoms. The Labute approximate surface area is 150 Å². The van der Waals surface area contributed by atoms with E-state index < -0.39 is 10.0 Å². The quantitative estimate of drug-likeness (QED) is 0.786. The summed E-state index contributed by atoms with van der Waals surface area (Å²) in [5.41, 5.74) is 0. The van der Waals surface area contributed by atoms with Crippen LogP contribution in [0.2, 0.25) is 0 Å². The number of carbonyl (C=O) groups is 1. The lowest BCUT2D eigenvalue weighted by Gasteiger charge is -2.32. The minimum Gasteiger partial charge on any atom is -0.375 e. The summed E-state index contributed by atoms with van der Waals surface area (Å²) < 4.78 is 32.5. The normalized spacial score (nSPS) is 18.1. The molecule has 1 saturated heterocycles. The number of amides is 1. The van der Waals surface area contributed by atoms with Crippen LogP contribution in [-0.4, -0.2) is 56.6 Å². The SMILES string of the molecule is CC1CN(C(=O)CN(c2nccs2)S(=O)(=O)c2ccccc2)CCO1. The van der Waals surface area contributed by atoms with Crippen LogP contribution in [0.4, 0.5) is 5.13 Å². The molecule has 0 aliphatic carbocycles. The van der Waals surface area contributed by atoms with Crippen LogP contribution in [0.5, 0.6) is 0 Å². The molecule has 0 spiro atoms. The topological polar surface area (TPSA) is 79.8 Å². The maximum absolute atomic E-state index is 13.0. The third-order valence-corrected chi connectivity index (χ3v) is 6.50. The lowest BCUT2D eigenvalue weighted by Crippen LogP contribution is -2.49. The average molecular weight is 381 g/mol. The first-order chi connectivity index (χ1) is 12.0. The number of ether oxygens (including phenoxy) is 1. The van der Waals surface area contributed by atoms with E-state index in [-0.39, 0.29) is 28.6 Å². The van der Waals surface area contributed by atoms with Crippen LogP contribution in [-0.2, 0) is 19.6 Å². The van der Waals surface area contributed by atoms with Gasteiger partial charge in [0.05, 0.1) is 17.6 Å². The van der Waals surface area contributed by atoms with Gasteiger partial charge >= 0.3 is 0 Å². The smallest absolute Gasteiger partial charge is 0.266 e. The van der Waals surface area contributed by atoms with E-state index in [9.17, 15) is 13.2 Å². The summed E-state index contributed by atoms with van der Waals surface area (Å²) in [7, 11) is -3.87. The number of rotatable bonds is 5. The zero-order chi connectivity index (χ0) is 17.9. The van der Waals surface area contributed by atoms with Gasteiger partial charge in [0.15, 0.2) is 5.13 Å². The second kappa shape index (κ2) is 7.51. The molecule has 1 amide bonds. The number of aromatic nitrogens is 1. The zero-order valence-corrected chi connectivity index (χ0v) is 15.4. The fraction of sp³-hybridized carbons (Fsp3) is 0.375. The average Bonchev–Trinajstić information content (AvgIpc) is 3.14. The van der Waals surface area contributed by atoms with E-state index >= 15 is 0 Å². The molecule has 25 heavy (non-hydrogen) atoms. The molecule has 1 aliphatic rings. The highest BCUT2D eigenvalue weighted by Gasteiger charge is 2.31. The number of benzene rings is 1. The Bertz CT molecular complexity index is 809. The van der Waals surface area contributed by atoms with Gasteiger partial charge in [0.25, 0.3) is 10.0 Å². The number of hydrogen-bond acceptors (Lipinski definition) is 6. The first-order valence-electron chi connectivity index (χ1n) is 7.85. The van der Waals surface area contributed by atoms with Crippen molar-refractivity contribution in [2.75, 3.05) is 30.5 Å². The molecule has 7 nitrogen and oxygen atoms in total. The highest BCUT2D eigenvalue weighted by molar-refractivity contribution is 7.93. The van der Waals surface area contributed by atoms with Crippen LogP contribution in [0.3, 0.4) is 0 Å². The molecular weight excluding hydrogens is 362 g/mol. The number of thiazole rings is 1. The molecule has 1 unspecified atom stereocenters. The largest absolute Gasteiger partial charge is 0.375 e. The van der Waals surface area contributed by atoms with Gasteiger partial charge in [-0.15, -0.1) is 11.3 Å². The Balaban J connectivity index is 1.87. The van der Waals surface area contributed by atoms with Gasteiger partial charge in [0.2, 0.25) is 5.91 Å². The van der Waals surface area contributed by atoms with E-state index in [2.05, 4.69) is 4.98 Å². The van der Waals surface area contributed by atoms with Gasteiger partial charge < -0.3 is 9.64 Å². The summed E-state index contributed by atoms with van der Waals surface area (Å²) in [5.74, 6) is -0.259. The van der Waals surface area contributed by atoms with Crippen molar-refractivity contribution in [3.63, 3.8) is 0 Å². The van der Waals surface area contributed by atoms with Gasteiger partial charge in [0, 0.05) is 24.7 Å². The molecular formula is C16H19N3O4S2. The molecule has 2 aromatic rings. The predicted molar refractivity (Wildman–Crippen MR) is 95.1 cm³/mol. The third kappa shape index (κ3) is 4.00. The van der Waals surface area contributed by atoms with E-state index in [4.69, 9.17) is 4.74 Å². The minimum absolute atomic E-state index is 0.0586. The Morgan fingerprint density at radius 1 is 1.40 bits per heavy atom. The highest BCUT2D eigenvalue weighted by atomic mass is 32.2. The molecule has 1 atom stereocenters. The lowest BCUT2D eigenvalue weighted by atomic mass is 10.3. The fourth-order valence-corrected chi connectivity index (χ4v) is 4.84. The fourth-order valence-electron chi connectivity index (χ4n) is 2.58. The van der Waals surface area contributed by atoms with Crippen molar-refractivity contribution in [1.29, 1.82) is 0 Å². The van der Waals surface area contributed by atoms with E-state index in [1.807, 2.05) is 6.92 Å². The molecule has 1 aromatic heterocycles. The molecule has 0 radical (unpaired) electrons. The summed E-state index contributed by atoms with van der Waals surface area (Å²) in [6.07, 6.45) is 1.46. The summed E-state index contributed by atoms with van der Waals surface area (Å²) >= 11 is 1.18. The van der Waals surface area contributed by atoms with Crippen molar-refractivity contribution < 1.29 is 17.9 Å². The second-order valence-corrected chi connectivity index (χ2v) is 8.40. The summed E-state index contributed by atoms with van der Waals surface area (Å²) in [4.78, 5) is 18.5. The van der Waals surface area contributed by atoms with Crippen LogP contribution >= 0.6 is 11.3 Å². The number of hydrogen-bond donors (Lipinski definition) is 0. The molecule has 134 valence electrons. The van der Waals surface area contributed by atoms with Gasteiger partial charge in [0.1, 0.15) is 6.54 Å². The first kappa shape index (κ1) is 17.8. The van der Waals surface area contributed by atoms with E-state index in [1.165, 1.54) is 29.7 Å². The molecule has 1 aliphatic heterocycles. The van der Waals surface area contributed by atoms with Gasteiger partial charge in [-0.25, -0.2) is 17.7 Å². The maximum atomic E-state index is 13.0. The number of morpholine rings is 1. The van der Waals surface area contributed by atoms with Crippen molar-refractivity contribution in [2.24, 2.45) is 0 Å². The first-order valence-corrected chi connectivity index (χ1v) is 10.2. The predicted octanol–water partition coefficient (Wildman–Crippen LogP) is 1.59. The highest BCUT2D eigenvalue weighted by Crippen LogP contribution is 2.25. The van der Waals surface area contributed by atoms with Crippen LogP contribution in [0.1, 0.15) is 6.92 Å².